The lowest BCUT2D eigenvalue weighted by Gasteiger charge is -2.26. The normalized spacial score (nSPS) is 21.9. The molecule has 110 valence electrons. The molecule has 3 heteroatoms. The molecule has 1 heterocycles. The van der Waals surface area contributed by atoms with Crippen LogP contribution >= 0.6 is 11.6 Å². The highest BCUT2D eigenvalue weighted by molar-refractivity contribution is 6.33. The molecular formula is C17H24ClNO. The van der Waals surface area contributed by atoms with Gasteiger partial charge in [-0.2, -0.15) is 0 Å². The molecule has 1 atom stereocenters. The van der Waals surface area contributed by atoms with E-state index in [0.29, 0.717) is 6.04 Å². The van der Waals surface area contributed by atoms with E-state index in [9.17, 15) is 0 Å². The van der Waals surface area contributed by atoms with E-state index in [0.717, 1.165) is 30.2 Å². The summed E-state index contributed by atoms with van der Waals surface area (Å²) in [7, 11) is 1.75. The molecule has 2 aliphatic rings. The Labute approximate surface area is 126 Å². The summed E-state index contributed by atoms with van der Waals surface area (Å²) in [5, 5.41) is 4.46. The van der Waals surface area contributed by atoms with Gasteiger partial charge < -0.3 is 10.1 Å². The first-order valence-corrected chi connectivity index (χ1v) is 8.20. The van der Waals surface area contributed by atoms with Crippen molar-refractivity contribution in [2.45, 2.75) is 57.9 Å². The molecule has 1 saturated heterocycles. The van der Waals surface area contributed by atoms with Crippen molar-refractivity contribution in [2.24, 2.45) is 0 Å². The molecular weight excluding hydrogens is 270 g/mol. The second kappa shape index (κ2) is 5.95. The Morgan fingerprint density at radius 3 is 2.60 bits per heavy atom. The molecule has 0 saturated carbocycles. The van der Waals surface area contributed by atoms with Gasteiger partial charge in [0.2, 0.25) is 0 Å². The average Bonchev–Trinajstić information content (AvgIpc) is 2.98. The fourth-order valence-corrected chi connectivity index (χ4v) is 4.22. The molecule has 20 heavy (non-hydrogen) atoms. The molecule has 3 rings (SSSR count). The van der Waals surface area contributed by atoms with E-state index in [-0.39, 0.29) is 0 Å². The Bertz CT molecular complexity index is 506. The van der Waals surface area contributed by atoms with Gasteiger partial charge in [0.1, 0.15) is 5.75 Å². The van der Waals surface area contributed by atoms with Crippen molar-refractivity contribution >= 4 is 11.6 Å². The molecule has 2 nitrogen and oxygen atoms in total. The summed E-state index contributed by atoms with van der Waals surface area (Å²) in [4.78, 5) is 0. The molecule has 0 aromatic heterocycles. The van der Waals surface area contributed by atoms with E-state index >= 15 is 0 Å². The van der Waals surface area contributed by atoms with Gasteiger partial charge in [-0.1, -0.05) is 11.6 Å². The standard InChI is InChI=1S/C17H24ClNO/c1-11-13-7-3-4-8-14(13)16(18)17(20-2)15(11)10-12-6-5-9-19-12/h12,19H,3-10H2,1-2H3. The van der Waals surface area contributed by atoms with Crippen LogP contribution < -0.4 is 10.1 Å². The number of hydrogen-bond donors (Lipinski definition) is 1. The lowest BCUT2D eigenvalue weighted by atomic mass is 9.84. The van der Waals surface area contributed by atoms with Crippen LogP contribution in [0, 0.1) is 6.92 Å². The van der Waals surface area contributed by atoms with Crippen LogP contribution in [0.1, 0.15) is 47.9 Å². The smallest absolute Gasteiger partial charge is 0.141 e. The molecule has 1 aromatic carbocycles. The van der Waals surface area contributed by atoms with Crippen LogP contribution in [0.5, 0.6) is 5.75 Å². The summed E-state index contributed by atoms with van der Waals surface area (Å²) in [5.41, 5.74) is 5.60. The lowest BCUT2D eigenvalue weighted by molar-refractivity contribution is 0.405. The van der Waals surface area contributed by atoms with Gasteiger partial charge in [0.15, 0.2) is 0 Å². The third kappa shape index (κ3) is 2.44. The SMILES string of the molecule is COc1c(Cl)c2c(c(C)c1CC1CCCN1)CCCC2. The van der Waals surface area contributed by atoms with E-state index in [1.165, 1.54) is 54.4 Å². The highest BCUT2D eigenvalue weighted by atomic mass is 35.5. The number of rotatable bonds is 3. The Morgan fingerprint density at radius 1 is 1.20 bits per heavy atom. The lowest BCUT2D eigenvalue weighted by Crippen LogP contribution is -2.25. The Morgan fingerprint density at radius 2 is 1.95 bits per heavy atom. The first kappa shape index (κ1) is 14.2. The van der Waals surface area contributed by atoms with Gasteiger partial charge in [-0.3, -0.25) is 0 Å². The number of ether oxygens (including phenoxy) is 1. The van der Waals surface area contributed by atoms with Crippen LogP contribution in [-0.4, -0.2) is 19.7 Å². The van der Waals surface area contributed by atoms with Crippen LogP contribution in [0.25, 0.3) is 0 Å². The molecule has 0 spiro atoms. The summed E-state index contributed by atoms with van der Waals surface area (Å²) >= 11 is 6.64. The number of fused-ring (bicyclic) bond motifs is 1. The van der Waals surface area contributed by atoms with Gasteiger partial charge >= 0.3 is 0 Å². The topological polar surface area (TPSA) is 21.3 Å². The van der Waals surface area contributed by atoms with Crippen LogP contribution in [-0.2, 0) is 19.3 Å². The van der Waals surface area contributed by atoms with Crippen molar-refractivity contribution in [3.05, 3.63) is 27.3 Å². The first-order chi connectivity index (χ1) is 9.72. The van der Waals surface area contributed by atoms with Gasteiger partial charge in [-0.15, -0.1) is 0 Å². The minimum atomic E-state index is 0.584. The highest BCUT2D eigenvalue weighted by Crippen LogP contribution is 2.41. The fraction of sp³-hybridized carbons (Fsp3) is 0.647. The van der Waals surface area contributed by atoms with Crippen molar-refractivity contribution in [1.82, 2.24) is 5.32 Å². The Hall–Kier alpha value is -0.730. The van der Waals surface area contributed by atoms with Crippen molar-refractivity contribution < 1.29 is 4.74 Å². The zero-order chi connectivity index (χ0) is 14.1. The minimum absolute atomic E-state index is 0.584. The van der Waals surface area contributed by atoms with Crippen molar-refractivity contribution in [1.29, 1.82) is 0 Å². The zero-order valence-electron chi connectivity index (χ0n) is 12.5. The molecule has 1 aromatic rings. The number of methoxy groups -OCH3 is 1. The quantitative estimate of drug-likeness (QED) is 0.914. The van der Waals surface area contributed by atoms with E-state index < -0.39 is 0 Å². The van der Waals surface area contributed by atoms with Crippen LogP contribution in [0.3, 0.4) is 0 Å². The number of hydrogen-bond acceptors (Lipinski definition) is 2. The third-order valence-corrected chi connectivity index (χ3v) is 5.33. The number of nitrogens with one attached hydrogen (secondary N) is 1. The van der Waals surface area contributed by atoms with Gasteiger partial charge in [-0.25, -0.2) is 0 Å². The van der Waals surface area contributed by atoms with E-state index in [1.807, 2.05) is 0 Å². The fourth-order valence-electron chi connectivity index (χ4n) is 3.82. The van der Waals surface area contributed by atoms with E-state index in [2.05, 4.69) is 12.2 Å². The summed E-state index contributed by atoms with van der Waals surface area (Å²) in [6.45, 7) is 3.40. The highest BCUT2D eigenvalue weighted by Gasteiger charge is 2.25. The monoisotopic (exact) mass is 293 g/mol. The van der Waals surface area contributed by atoms with Gasteiger partial charge in [0.05, 0.1) is 12.1 Å². The maximum absolute atomic E-state index is 6.64. The van der Waals surface area contributed by atoms with Crippen molar-refractivity contribution in [2.75, 3.05) is 13.7 Å². The number of benzene rings is 1. The zero-order valence-corrected chi connectivity index (χ0v) is 13.3. The largest absolute Gasteiger partial charge is 0.495 e. The summed E-state index contributed by atoms with van der Waals surface area (Å²) < 4.78 is 5.67. The number of halogens is 1. The second-order valence-corrected chi connectivity index (χ2v) is 6.49. The molecule has 1 N–H and O–H groups in total. The molecule has 1 unspecified atom stereocenters. The molecule has 1 fully saturated rings. The van der Waals surface area contributed by atoms with E-state index in [1.54, 1.807) is 7.11 Å². The van der Waals surface area contributed by atoms with Crippen LogP contribution in [0.2, 0.25) is 5.02 Å². The first-order valence-electron chi connectivity index (χ1n) is 7.82. The summed E-state index contributed by atoms with van der Waals surface area (Å²) in [6, 6.07) is 0.584. The maximum atomic E-state index is 6.64. The van der Waals surface area contributed by atoms with Crippen molar-refractivity contribution in [3.63, 3.8) is 0 Å². The Kier molecular flexibility index (Phi) is 4.23. The van der Waals surface area contributed by atoms with Gasteiger partial charge in [0.25, 0.3) is 0 Å². The van der Waals surface area contributed by atoms with Crippen LogP contribution in [0.4, 0.5) is 0 Å². The predicted octanol–water partition coefficient (Wildman–Crippen LogP) is 3.83. The molecule has 1 aliphatic carbocycles. The van der Waals surface area contributed by atoms with Crippen molar-refractivity contribution in [3.8, 4) is 5.75 Å². The maximum Gasteiger partial charge on any atom is 0.141 e. The third-order valence-electron chi connectivity index (χ3n) is 4.93. The molecule has 0 bridgehead atoms. The van der Waals surface area contributed by atoms with E-state index in [4.69, 9.17) is 16.3 Å². The van der Waals surface area contributed by atoms with Gasteiger partial charge in [-0.05, 0) is 75.1 Å². The van der Waals surface area contributed by atoms with Crippen LogP contribution in [0.15, 0.2) is 0 Å². The predicted molar refractivity (Wildman–Crippen MR) is 84.1 cm³/mol. The minimum Gasteiger partial charge on any atom is -0.495 e. The summed E-state index contributed by atoms with van der Waals surface area (Å²) in [5.74, 6) is 0.929. The molecule has 1 aliphatic heterocycles. The molecule has 0 radical (unpaired) electrons. The summed E-state index contributed by atoms with van der Waals surface area (Å²) in [6.07, 6.45) is 8.41. The van der Waals surface area contributed by atoms with Gasteiger partial charge in [0, 0.05) is 11.6 Å². The second-order valence-electron chi connectivity index (χ2n) is 6.11. The average molecular weight is 294 g/mol. The Balaban J connectivity index is 2.04. The molecule has 0 amide bonds.